The van der Waals surface area contributed by atoms with Crippen molar-refractivity contribution < 1.29 is 19.0 Å². The summed E-state index contributed by atoms with van der Waals surface area (Å²) in [7, 11) is 3.04. The Balaban J connectivity index is 2.57. The van der Waals surface area contributed by atoms with Crippen molar-refractivity contribution in [1.29, 1.82) is 0 Å². The number of Topliss-reactive ketones (excluding diaryl/α,β-unsaturated/α-hetero) is 1. The summed E-state index contributed by atoms with van der Waals surface area (Å²) in [5.74, 6) is 0.0445. The molecule has 12 heavy (non-hydrogen) atoms. The van der Waals surface area contributed by atoms with Crippen molar-refractivity contribution >= 4 is 5.78 Å². The summed E-state index contributed by atoms with van der Waals surface area (Å²) in [4.78, 5) is 11.3. The van der Waals surface area contributed by atoms with Gasteiger partial charge in [-0.05, 0) is 6.92 Å². The van der Waals surface area contributed by atoms with Crippen molar-refractivity contribution in [2.45, 2.75) is 31.8 Å². The highest BCUT2D eigenvalue weighted by Crippen LogP contribution is 2.18. The largest absolute Gasteiger partial charge is 0.371 e. The molecule has 0 saturated carbocycles. The molecule has 0 aliphatic carbocycles. The molecule has 1 saturated heterocycles. The van der Waals surface area contributed by atoms with E-state index < -0.39 is 12.4 Å². The van der Waals surface area contributed by atoms with Crippen LogP contribution in [0.15, 0.2) is 0 Å². The summed E-state index contributed by atoms with van der Waals surface area (Å²) in [6.07, 6.45) is -0.782. The Hall–Kier alpha value is -0.450. The molecule has 1 heterocycles. The summed E-state index contributed by atoms with van der Waals surface area (Å²) in [5.41, 5.74) is 0. The molecular formula is C8H14O4. The number of hydrogen-bond donors (Lipinski definition) is 0. The molecular weight excluding hydrogens is 160 g/mol. The highest BCUT2D eigenvalue weighted by Gasteiger charge is 2.34. The van der Waals surface area contributed by atoms with Crippen LogP contribution in [0.4, 0.5) is 0 Å². The van der Waals surface area contributed by atoms with Crippen molar-refractivity contribution in [2.24, 2.45) is 0 Å². The number of rotatable bonds is 2. The van der Waals surface area contributed by atoms with E-state index in [1.807, 2.05) is 0 Å². The molecule has 4 nitrogen and oxygen atoms in total. The number of ketones is 1. The minimum atomic E-state index is -0.434. The fraction of sp³-hybridized carbons (Fsp3) is 0.875. The van der Waals surface area contributed by atoms with Gasteiger partial charge in [0.2, 0.25) is 0 Å². The van der Waals surface area contributed by atoms with E-state index in [2.05, 4.69) is 0 Å². The fourth-order valence-corrected chi connectivity index (χ4v) is 1.36. The zero-order valence-electron chi connectivity index (χ0n) is 7.57. The lowest BCUT2D eigenvalue weighted by Gasteiger charge is -2.31. The molecule has 0 aromatic carbocycles. The summed E-state index contributed by atoms with van der Waals surface area (Å²) in [5, 5.41) is 0. The molecule has 0 N–H and O–H groups in total. The molecule has 4 heteroatoms. The van der Waals surface area contributed by atoms with E-state index in [4.69, 9.17) is 14.2 Å². The molecule has 0 unspecified atom stereocenters. The lowest BCUT2D eigenvalue weighted by Crippen LogP contribution is -2.45. The molecule has 0 bridgehead atoms. The van der Waals surface area contributed by atoms with Crippen molar-refractivity contribution in [3.8, 4) is 0 Å². The third kappa shape index (κ3) is 1.83. The topological polar surface area (TPSA) is 44.8 Å². The maximum Gasteiger partial charge on any atom is 0.169 e. The predicted molar refractivity (Wildman–Crippen MR) is 41.8 cm³/mol. The van der Waals surface area contributed by atoms with Crippen LogP contribution >= 0.6 is 0 Å². The van der Waals surface area contributed by atoms with Gasteiger partial charge in [-0.15, -0.1) is 0 Å². The second-order valence-electron chi connectivity index (χ2n) is 2.83. The number of hydrogen-bond acceptors (Lipinski definition) is 4. The first-order valence-corrected chi connectivity index (χ1v) is 3.92. The Bertz CT molecular complexity index is 168. The van der Waals surface area contributed by atoms with Gasteiger partial charge in [0.15, 0.2) is 12.1 Å². The minimum absolute atomic E-state index is 0.0445. The minimum Gasteiger partial charge on any atom is -0.371 e. The van der Waals surface area contributed by atoms with Gasteiger partial charge in [-0.25, -0.2) is 0 Å². The van der Waals surface area contributed by atoms with E-state index in [-0.39, 0.29) is 18.3 Å². The van der Waals surface area contributed by atoms with E-state index in [1.165, 1.54) is 14.2 Å². The van der Waals surface area contributed by atoms with Gasteiger partial charge < -0.3 is 14.2 Å². The van der Waals surface area contributed by atoms with E-state index in [0.717, 1.165) is 0 Å². The Morgan fingerprint density at radius 1 is 1.42 bits per heavy atom. The average molecular weight is 174 g/mol. The van der Waals surface area contributed by atoms with E-state index >= 15 is 0 Å². The van der Waals surface area contributed by atoms with Gasteiger partial charge in [0.25, 0.3) is 0 Å². The Labute approximate surface area is 71.8 Å². The van der Waals surface area contributed by atoms with Crippen LogP contribution in [0.5, 0.6) is 0 Å². The normalized spacial score (nSPS) is 36.9. The fourth-order valence-electron chi connectivity index (χ4n) is 1.36. The zero-order valence-corrected chi connectivity index (χ0v) is 7.57. The van der Waals surface area contributed by atoms with Crippen LogP contribution in [0.3, 0.4) is 0 Å². The van der Waals surface area contributed by atoms with Crippen LogP contribution in [0, 0.1) is 0 Å². The summed E-state index contributed by atoms with van der Waals surface area (Å²) in [6, 6.07) is 0. The molecule has 1 rings (SSSR count). The van der Waals surface area contributed by atoms with Gasteiger partial charge in [0.05, 0.1) is 12.5 Å². The number of carbonyl (C=O) groups is 1. The Morgan fingerprint density at radius 2 is 2.08 bits per heavy atom. The number of carbonyl (C=O) groups excluding carboxylic acids is 1. The van der Waals surface area contributed by atoms with Crippen LogP contribution in [0.2, 0.25) is 0 Å². The molecule has 1 fully saturated rings. The first-order chi connectivity index (χ1) is 5.69. The smallest absolute Gasteiger partial charge is 0.169 e. The summed E-state index contributed by atoms with van der Waals surface area (Å²) in [6.45, 7) is 1.80. The van der Waals surface area contributed by atoms with Crippen LogP contribution in [0.25, 0.3) is 0 Å². The Kier molecular flexibility index (Phi) is 3.20. The lowest BCUT2D eigenvalue weighted by molar-refractivity contribution is -0.207. The summed E-state index contributed by atoms with van der Waals surface area (Å²) >= 11 is 0. The molecule has 1 aliphatic heterocycles. The van der Waals surface area contributed by atoms with Crippen LogP contribution in [0.1, 0.15) is 13.3 Å². The quantitative estimate of drug-likeness (QED) is 0.606. The highest BCUT2D eigenvalue weighted by molar-refractivity contribution is 5.84. The first kappa shape index (κ1) is 9.64. The van der Waals surface area contributed by atoms with E-state index in [1.54, 1.807) is 6.92 Å². The molecule has 1 aliphatic rings. The standard InChI is InChI=1S/C8H14O4/c1-5-8(11-3)6(9)4-7(10-2)12-5/h5,7-8H,4H2,1-3H3/t5-,7+,8+/m1/s1. The van der Waals surface area contributed by atoms with Crippen LogP contribution < -0.4 is 0 Å². The molecule has 70 valence electrons. The second-order valence-corrected chi connectivity index (χ2v) is 2.83. The van der Waals surface area contributed by atoms with Crippen molar-refractivity contribution in [2.75, 3.05) is 14.2 Å². The molecule has 0 amide bonds. The van der Waals surface area contributed by atoms with E-state index in [9.17, 15) is 4.79 Å². The zero-order chi connectivity index (χ0) is 9.14. The Morgan fingerprint density at radius 3 is 2.50 bits per heavy atom. The van der Waals surface area contributed by atoms with Crippen molar-refractivity contribution in [3.63, 3.8) is 0 Å². The maximum absolute atomic E-state index is 11.3. The van der Waals surface area contributed by atoms with Gasteiger partial charge in [0, 0.05) is 14.2 Å². The molecule has 0 aromatic rings. The van der Waals surface area contributed by atoms with Gasteiger partial charge in [-0.2, -0.15) is 0 Å². The van der Waals surface area contributed by atoms with Crippen molar-refractivity contribution in [3.05, 3.63) is 0 Å². The summed E-state index contributed by atoms with van der Waals surface area (Å²) < 4.78 is 15.2. The van der Waals surface area contributed by atoms with E-state index in [0.29, 0.717) is 0 Å². The number of ether oxygens (including phenoxy) is 3. The van der Waals surface area contributed by atoms with Crippen LogP contribution in [-0.4, -0.2) is 38.5 Å². The maximum atomic E-state index is 11.3. The predicted octanol–water partition coefficient (Wildman–Crippen LogP) is 0.352. The highest BCUT2D eigenvalue weighted by atomic mass is 16.7. The second kappa shape index (κ2) is 3.98. The first-order valence-electron chi connectivity index (χ1n) is 3.92. The lowest BCUT2D eigenvalue weighted by atomic mass is 10.0. The van der Waals surface area contributed by atoms with Gasteiger partial charge in [0.1, 0.15) is 6.10 Å². The SMILES string of the molecule is CO[C@@H]1CC(=O)[C@@H](OC)[C@@H](C)O1. The molecule has 0 spiro atoms. The van der Waals surface area contributed by atoms with Crippen molar-refractivity contribution in [1.82, 2.24) is 0 Å². The van der Waals surface area contributed by atoms with Gasteiger partial charge in [-0.3, -0.25) is 4.79 Å². The van der Waals surface area contributed by atoms with Gasteiger partial charge in [-0.1, -0.05) is 0 Å². The third-order valence-electron chi connectivity index (χ3n) is 1.99. The molecule has 3 atom stereocenters. The third-order valence-corrected chi connectivity index (χ3v) is 1.99. The molecule has 0 radical (unpaired) electrons. The monoisotopic (exact) mass is 174 g/mol. The van der Waals surface area contributed by atoms with Gasteiger partial charge >= 0.3 is 0 Å². The average Bonchev–Trinajstić information content (AvgIpc) is 2.03. The van der Waals surface area contributed by atoms with Crippen LogP contribution in [-0.2, 0) is 19.0 Å². The molecule has 0 aromatic heterocycles. The number of methoxy groups -OCH3 is 2.